The number of carbonyl (C=O) groups is 1. The highest BCUT2D eigenvalue weighted by molar-refractivity contribution is 5.92. The minimum atomic E-state index is -0.138. The number of rotatable bonds is 5. The number of carbonyl (C=O) groups excluding carboxylic acids is 1. The number of nitrogens with zero attached hydrogens (tertiary/aromatic N) is 3. The summed E-state index contributed by atoms with van der Waals surface area (Å²) in [7, 11) is 0. The van der Waals surface area contributed by atoms with Gasteiger partial charge in [-0.2, -0.15) is 5.10 Å². The van der Waals surface area contributed by atoms with Crippen molar-refractivity contribution < 1.29 is 4.79 Å². The monoisotopic (exact) mass is 346 g/mol. The Kier molecular flexibility index (Phi) is 5.27. The van der Waals surface area contributed by atoms with Gasteiger partial charge in [0.05, 0.1) is 17.4 Å². The molecule has 1 amide bonds. The van der Waals surface area contributed by atoms with E-state index in [0.717, 1.165) is 28.2 Å². The van der Waals surface area contributed by atoms with Crippen LogP contribution in [-0.4, -0.2) is 20.7 Å². The van der Waals surface area contributed by atoms with E-state index in [9.17, 15) is 4.79 Å². The zero-order chi connectivity index (χ0) is 18.5. The van der Waals surface area contributed by atoms with E-state index in [-0.39, 0.29) is 11.9 Å². The summed E-state index contributed by atoms with van der Waals surface area (Å²) in [6.07, 6.45) is 6.83. The molecule has 0 aliphatic heterocycles. The molecule has 0 aliphatic carbocycles. The van der Waals surface area contributed by atoms with Crippen LogP contribution < -0.4 is 5.32 Å². The number of para-hydroxylation sites is 1. The van der Waals surface area contributed by atoms with Gasteiger partial charge < -0.3 is 5.32 Å². The summed E-state index contributed by atoms with van der Waals surface area (Å²) >= 11 is 0. The van der Waals surface area contributed by atoms with Crippen LogP contribution in [0.1, 0.15) is 35.5 Å². The van der Waals surface area contributed by atoms with E-state index in [4.69, 9.17) is 0 Å². The Labute approximate surface area is 153 Å². The highest BCUT2D eigenvalue weighted by Crippen LogP contribution is 2.19. The molecule has 0 bridgehead atoms. The summed E-state index contributed by atoms with van der Waals surface area (Å²) < 4.78 is 1.90. The number of hydrogen-bond donors (Lipinski definition) is 1. The maximum absolute atomic E-state index is 12.3. The fourth-order valence-electron chi connectivity index (χ4n) is 2.87. The van der Waals surface area contributed by atoms with Gasteiger partial charge in [0.1, 0.15) is 0 Å². The van der Waals surface area contributed by atoms with Gasteiger partial charge in [-0.3, -0.25) is 9.78 Å². The molecule has 5 heteroatoms. The van der Waals surface area contributed by atoms with Gasteiger partial charge in [0, 0.05) is 29.7 Å². The van der Waals surface area contributed by atoms with Crippen LogP contribution in [0.3, 0.4) is 0 Å². The molecule has 3 rings (SSSR count). The Morgan fingerprint density at radius 1 is 1.12 bits per heavy atom. The number of nitrogens with one attached hydrogen (secondary N) is 1. The molecule has 0 saturated heterocycles. The van der Waals surface area contributed by atoms with Crippen molar-refractivity contribution in [1.82, 2.24) is 20.1 Å². The molecule has 1 aromatic carbocycles. The summed E-state index contributed by atoms with van der Waals surface area (Å²) in [5.41, 5.74) is 4.87. The topological polar surface area (TPSA) is 59.8 Å². The van der Waals surface area contributed by atoms with Crippen molar-refractivity contribution in [3.05, 3.63) is 83.4 Å². The average Bonchev–Trinajstić information content (AvgIpc) is 2.95. The molecule has 2 aromatic heterocycles. The SMILES string of the molecule is Cc1nn(-c2ccccc2)c(C)c1C=CC(=O)NC(C)c1ccncc1. The Bertz CT molecular complexity index is 914. The van der Waals surface area contributed by atoms with Crippen LogP contribution in [0.15, 0.2) is 60.9 Å². The van der Waals surface area contributed by atoms with E-state index in [2.05, 4.69) is 15.4 Å². The van der Waals surface area contributed by atoms with Crippen molar-refractivity contribution in [2.45, 2.75) is 26.8 Å². The van der Waals surface area contributed by atoms with Crippen molar-refractivity contribution >= 4 is 12.0 Å². The number of amides is 1. The van der Waals surface area contributed by atoms with E-state index in [1.54, 1.807) is 18.5 Å². The van der Waals surface area contributed by atoms with Gasteiger partial charge in [0.15, 0.2) is 0 Å². The second-order valence-corrected chi connectivity index (χ2v) is 6.18. The molecule has 0 radical (unpaired) electrons. The number of pyridine rings is 1. The van der Waals surface area contributed by atoms with E-state index in [0.29, 0.717) is 0 Å². The summed E-state index contributed by atoms with van der Waals surface area (Å²) in [6.45, 7) is 5.90. The third kappa shape index (κ3) is 3.88. The minimum absolute atomic E-state index is 0.0793. The lowest BCUT2D eigenvalue weighted by molar-refractivity contribution is -0.117. The molecular weight excluding hydrogens is 324 g/mol. The number of hydrogen-bond acceptors (Lipinski definition) is 3. The van der Waals surface area contributed by atoms with Gasteiger partial charge in [-0.05, 0) is 56.7 Å². The van der Waals surface area contributed by atoms with Gasteiger partial charge in [0.25, 0.3) is 0 Å². The quantitative estimate of drug-likeness (QED) is 0.715. The first-order valence-electron chi connectivity index (χ1n) is 8.56. The molecule has 0 aliphatic rings. The fourth-order valence-corrected chi connectivity index (χ4v) is 2.87. The molecule has 1 atom stereocenters. The number of aryl methyl sites for hydroxylation is 1. The van der Waals surface area contributed by atoms with Crippen molar-refractivity contribution in [3.63, 3.8) is 0 Å². The Balaban J connectivity index is 1.74. The molecule has 0 fully saturated rings. The van der Waals surface area contributed by atoms with Crippen LogP contribution >= 0.6 is 0 Å². The first-order valence-corrected chi connectivity index (χ1v) is 8.56. The average molecular weight is 346 g/mol. The lowest BCUT2D eigenvalue weighted by Crippen LogP contribution is -2.24. The van der Waals surface area contributed by atoms with Crippen LogP contribution in [0.2, 0.25) is 0 Å². The fraction of sp³-hybridized carbons (Fsp3) is 0.190. The Morgan fingerprint density at radius 2 is 1.81 bits per heavy atom. The lowest BCUT2D eigenvalue weighted by Gasteiger charge is -2.12. The lowest BCUT2D eigenvalue weighted by atomic mass is 10.1. The third-order valence-corrected chi connectivity index (χ3v) is 4.31. The standard InChI is InChI=1S/C21H22N4O/c1-15(18-11-13-22-14-12-18)23-21(26)10-9-20-16(2)24-25(17(20)3)19-7-5-4-6-8-19/h4-15H,1-3H3,(H,23,26). The van der Waals surface area contributed by atoms with E-state index < -0.39 is 0 Å². The van der Waals surface area contributed by atoms with Crippen molar-refractivity contribution in [3.8, 4) is 5.69 Å². The largest absolute Gasteiger partial charge is 0.346 e. The van der Waals surface area contributed by atoms with Crippen molar-refractivity contribution in [1.29, 1.82) is 0 Å². The van der Waals surface area contributed by atoms with Gasteiger partial charge >= 0.3 is 0 Å². The first kappa shape index (κ1) is 17.6. The summed E-state index contributed by atoms with van der Waals surface area (Å²) in [5, 5.41) is 7.56. The summed E-state index contributed by atoms with van der Waals surface area (Å²) in [5.74, 6) is -0.138. The smallest absolute Gasteiger partial charge is 0.244 e. The van der Waals surface area contributed by atoms with Gasteiger partial charge in [0.2, 0.25) is 5.91 Å². The van der Waals surface area contributed by atoms with Crippen LogP contribution in [0.25, 0.3) is 11.8 Å². The van der Waals surface area contributed by atoms with Crippen LogP contribution in [-0.2, 0) is 4.79 Å². The molecule has 26 heavy (non-hydrogen) atoms. The van der Waals surface area contributed by atoms with Crippen molar-refractivity contribution in [2.24, 2.45) is 0 Å². The minimum Gasteiger partial charge on any atom is -0.346 e. The maximum Gasteiger partial charge on any atom is 0.244 e. The van der Waals surface area contributed by atoms with Gasteiger partial charge in [-0.15, -0.1) is 0 Å². The third-order valence-electron chi connectivity index (χ3n) is 4.31. The molecule has 1 N–H and O–H groups in total. The molecule has 5 nitrogen and oxygen atoms in total. The van der Waals surface area contributed by atoms with Crippen LogP contribution in [0, 0.1) is 13.8 Å². The zero-order valence-electron chi connectivity index (χ0n) is 15.2. The van der Waals surface area contributed by atoms with Crippen LogP contribution in [0.4, 0.5) is 0 Å². The van der Waals surface area contributed by atoms with E-state index in [1.165, 1.54) is 0 Å². The predicted molar refractivity (Wildman–Crippen MR) is 103 cm³/mol. The van der Waals surface area contributed by atoms with Gasteiger partial charge in [-0.25, -0.2) is 4.68 Å². The maximum atomic E-state index is 12.3. The number of benzene rings is 1. The molecule has 0 saturated carbocycles. The van der Waals surface area contributed by atoms with Crippen molar-refractivity contribution in [2.75, 3.05) is 0 Å². The first-order chi connectivity index (χ1) is 12.6. The van der Waals surface area contributed by atoms with E-state index in [1.807, 2.05) is 74.0 Å². The Hall–Kier alpha value is -3.21. The molecule has 1 unspecified atom stereocenters. The van der Waals surface area contributed by atoms with Gasteiger partial charge in [-0.1, -0.05) is 18.2 Å². The highest BCUT2D eigenvalue weighted by atomic mass is 16.1. The van der Waals surface area contributed by atoms with Crippen LogP contribution in [0.5, 0.6) is 0 Å². The Morgan fingerprint density at radius 3 is 2.50 bits per heavy atom. The summed E-state index contributed by atoms with van der Waals surface area (Å²) in [6, 6.07) is 13.7. The zero-order valence-corrected chi connectivity index (χ0v) is 15.2. The molecule has 0 spiro atoms. The predicted octanol–water partition coefficient (Wildman–Crippen LogP) is 3.77. The highest BCUT2D eigenvalue weighted by Gasteiger charge is 2.11. The molecule has 3 aromatic rings. The molecule has 2 heterocycles. The number of aromatic nitrogens is 3. The second kappa shape index (κ2) is 7.78. The van der Waals surface area contributed by atoms with E-state index >= 15 is 0 Å². The summed E-state index contributed by atoms with van der Waals surface area (Å²) in [4.78, 5) is 16.3. The molecular formula is C21H22N4O. The second-order valence-electron chi connectivity index (χ2n) is 6.18. The molecule has 132 valence electrons. The normalized spacial score (nSPS) is 12.3.